The zero-order valence-electron chi connectivity index (χ0n) is 8.56. The van der Waals surface area contributed by atoms with Gasteiger partial charge in [0.15, 0.2) is 0 Å². The van der Waals surface area contributed by atoms with Crippen molar-refractivity contribution in [1.82, 2.24) is 0 Å². The normalized spacial score (nSPS) is 16.5. The molecule has 2 heterocycles. The molecule has 82 valence electrons. The summed E-state index contributed by atoms with van der Waals surface area (Å²) in [4.78, 5) is 13.4. The second-order valence-corrected chi connectivity index (χ2v) is 3.23. The molecule has 0 saturated carbocycles. The van der Waals surface area contributed by atoms with E-state index < -0.39 is 5.97 Å². The van der Waals surface area contributed by atoms with Gasteiger partial charge in [-0.15, -0.1) is 0 Å². The summed E-state index contributed by atoms with van der Waals surface area (Å²) < 4.78 is 15.0. The molecule has 0 atom stereocenters. The molecule has 0 spiro atoms. The van der Waals surface area contributed by atoms with Gasteiger partial charge in [-0.1, -0.05) is 0 Å². The van der Waals surface area contributed by atoms with E-state index in [0.717, 1.165) is 18.8 Å². The van der Waals surface area contributed by atoms with Gasteiger partial charge in [0.25, 0.3) is 0 Å². The number of anilines is 1. The van der Waals surface area contributed by atoms with Gasteiger partial charge < -0.3 is 18.8 Å². The number of rotatable bonds is 2. The van der Waals surface area contributed by atoms with Gasteiger partial charge in [-0.3, -0.25) is 0 Å². The van der Waals surface area contributed by atoms with Crippen LogP contribution in [-0.2, 0) is 9.47 Å². The van der Waals surface area contributed by atoms with Crippen LogP contribution in [0.15, 0.2) is 16.7 Å². The van der Waals surface area contributed by atoms with Crippen molar-refractivity contribution in [3.05, 3.63) is 18.1 Å². The summed E-state index contributed by atoms with van der Waals surface area (Å²) in [5.41, 5.74) is 0.783. The Balaban J connectivity index is 2.19. The summed E-state index contributed by atoms with van der Waals surface area (Å²) in [6, 6.07) is 1.78. The van der Waals surface area contributed by atoms with Crippen LogP contribution in [0.2, 0.25) is 0 Å². The number of carbonyl (C=O) groups excluding carboxylic acids is 1. The molecule has 1 aromatic heterocycles. The van der Waals surface area contributed by atoms with E-state index in [0.29, 0.717) is 13.2 Å². The van der Waals surface area contributed by atoms with E-state index in [1.54, 1.807) is 6.07 Å². The van der Waals surface area contributed by atoms with Crippen LogP contribution in [0.3, 0.4) is 0 Å². The van der Waals surface area contributed by atoms with Gasteiger partial charge in [0.2, 0.25) is 5.76 Å². The fourth-order valence-corrected chi connectivity index (χ4v) is 1.60. The first-order chi connectivity index (χ1) is 7.33. The van der Waals surface area contributed by atoms with E-state index in [9.17, 15) is 4.79 Å². The van der Waals surface area contributed by atoms with Crippen LogP contribution in [0, 0.1) is 0 Å². The van der Waals surface area contributed by atoms with Crippen LogP contribution in [0.4, 0.5) is 5.69 Å². The number of furan rings is 1. The molecule has 0 unspecified atom stereocenters. The van der Waals surface area contributed by atoms with Gasteiger partial charge in [0.1, 0.15) is 0 Å². The molecule has 0 aromatic carbocycles. The van der Waals surface area contributed by atoms with E-state index in [4.69, 9.17) is 9.15 Å². The zero-order valence-corrected chi connectivity index (χ0v) is 8.56. The maximum atomic E-state index is 11.4. The number of hydrogen-bond acceptors (Lipinski definition) is 5. The van der Waals surface area contributed by atoms with Crippen LogP contribution in [0.1, 0.15) is 10.6 Å². The molecule has 1 saturated heterocycles. The first-order valence-corrected chi connectivity index (χ1v) is 4.81. The van der Waals surface area contributed by atoms with Crippen molar-refractivity contribution >= 4 is 11.7 Å². The highest BCUT2D eigenvalue weighted by Gasteiger charge is 2.22. The number of esters is 1. The predicted molar refractivity (Wildman–Crippen MR) is 53.1 cm³/mol. The number of ether oxygens (including phenoxy) is 2. The molecule has 1 aliphatic heterocycles. The average molecular weight is 211 g/mol. The third kappa shape index (κ3) is 1.97. The lowest BCUT2D eigenvalue weighted by Crippen LogP contribution is -2.36. The molecule has 5 nitrogen and oxygen atoms in total. The number of nitrogens with zero attached hydrogens (tertiary/aromatic N) is 1. The molecule has 0 bridgehead atoms. The minimum absolute atomic E-state index is 0.263. The van der Waals surface area contributed by atoms with Crippen molar-refractivity contribution in [2.75, 3.05) is 38.3 Å². The minimum atomic E-state index is -0.443. The van der Waals surface area contributed by atoms with Crippen molar-refractivity contribution in [1.29, 1.82) is 0 Å². The van der Waals surface area contributed by atoms with Crippen LogP contribution < -0.4 is 4.90 Å². The minimum Gasteiger partial charge on any atom is -0.463 e. The van der Waals surface area contributed by atoms with E-state index in [-0.39, 0.29) is 5.76 Å². The first kappa shape index (κ1) is 10.0. The smallest absolute Gasteiger partial charge is 0.376 e. The third-order valence-electron chi connectivity index (χ3n) is 2.37. The maximum Gasteiger partial charge on any atom is 0.376 e. The lowest BCUT2D eigenvalue weighted by molar-refractivity contribution is 0.0565. The lowest BCUT2D eigenvalue weighted by Gasteiger charge is -2.27. The summed E-state index contributed by atoms with van der Waals surface area (Å²) in [7, 11) is 1.34. The molecule has 0 amide bonds. The van der Waals surface area contributed by atoms with E-state index in [1.165, 1.54) is 13.4 Å². The van der Waals surface area contributed by atoms with Crippen molar-refractivity contribution in [3.63, 3.8) is 0 Å². The Morgan fingerprint density at radius 3 is 2.87 bits per heavy atom. The standard InChI is InChI=1S/C10H13NO4/c1-13-10(12)9-8(2-5-15-9)11-3-6-14-7-4-11/h2,5H,3-4,6-7H2,1H3. The predicted octanol–water partition coefficient (Wildman–Crippen LogP) is 0.903. The van der Waals surface area contributed by atoms with Crippen molar-refractivity contribution < 1.29 is 18.7 Å². The number of morpholine rings is 1. The topological polar surface area (TPSA) is 51.9 Å². The Hall–Kier alpha value is -1.49. The maximum absolute atomic E-state index is 11.4. The number of carbonyl (C=O) groups is 1. The van der Waals surface area contributed by atoms with Gasteiger partial charge in [-0.05, 0) is 0 Å². The van der Waals surface area contributed by atoms with Gasteiger partial charge in [-0.2, -0.15) is 0 Å². The second-order valence-electron chi connectivity index (χ2n) is 3.23. The highest BCUT2D eigenvalue weighted by atomic mass is 16.5. The van der Waals surface area contributed by atoms with Crippen LogP contribution >= 0.6 is 0 Å². The summed E-state index contributed by atoms with van der Waals surface area (Å²) in [5, 5.41) is 0. The highest BCUT2D eigenvalue weighted by Crippen LogP contribution is 2.23. The van der Waals surface area contributed by atoms with Gasteiger partial charge in [0.05, 0.1) is 32.3 Å². The molecule has 1 aliphatic rings. The van der Waals surface area contributed by atoms with Crippen molar-refractivity contribution in [2.24, 2.45) is 0 Å². The molecule has 0 aliphatic carbocycles. The monoisotopic (exact) mass is 211 g/mol. The Labute approximate surface area is 87.6 Å². The summed E-state index contributed by atoms with van der Waals surface area (Å²) in [6.45, 7) is 2.88. The van der Waals surface area contributed by atoms with Gasteiger partial charge in [-0.25, -0.2) is 4.79 Å². The molecule has 0 N–H and O–H groups in total. The third-order valence-corrected chi connectivity index (χ3v) is 2.37. The SMILES string of the molecule is COC(=O)c1occc1N1CCOCC1. The summed E-state index contributed by atoms with van der Waals surface area (Å²) in [6.07, 6.45) is 1.50. The van der Waals surface area contributed by atoms with Gasteiger partial charge >= 0.3 is 5.97 Å². The molecule has 5 heteroatoms. The Morgan fingerprint density at radius 1 is 1.47 bits per heavy atom. The number of methoxy groups -OCH3 is 1. The molecule has 1 aromatic rings. The Kier molecular flexibility index (Phi) is 2.91. The summed E-state index contributed by atoms with van der Waals surface area (Å²) >= 11 is 0. The molecule has 0 radical (unpaired) electrons. The molecule has 15 heavy (non-hydrogen) atoms. The Morgan fingerprint density at radius 2 is 2.20 bits per heavy atom. The largest absolute Gasteiger partial charge is 0.463 e. The fourth-order valence-electron chi connectivity index (χ4n) is 1.60. The van der Waals surface area contributed by atoms with Crippen LogP contribution in [0.5, 0.6) is 0 Å². The zero-order chi connectivity index (χ0) is 10.7. The average Bonchev–Trinajstić information content (AvgIpc) is 2.78. The van der Waals surface area contributed by atoms with Crippen LogP contribution in [0.25, 0.3) is 0 Å². The second kappa shape index (κ2) is 4.35. The highest BCUT2D eigenvalue weighted by molar-refractivity contribution is 5.92. The Bertz CT molecular complexity index is 341. The van der Waals surface area contributed by atoms with Gasteiger partial charge in [0, 0.05) is 19.2 Å². The number of hydrogen-bond donors (Lipinski definition) is 0. The van der Waals surface area contributed by atoms with Crippen LogP contribution in [-0.4, -0.2) is 39.4 Å². The molecular weight excluding hydrogens is 198 g/mol. The van der Waals surface area contributed by atoms with Crippen molar-refractivity contribution in [2.45, 2.75) is 0 Å². The lowest BCUT2D eigenvalue weighted by atomic mass is 10.3. The molecular formula is C10H13NO4. The molecule has 1 fully saturated rings. The van der Waals surface area contributed by atoms with E-state index >= 15 is 0 Å². The van der Waals surface area contributed by atoms with Crippen molar-refractivity contribution in [3.8, 4) is 0 Å². The van der Waals surface area contributed by atoms with E-state index in [2.05, 4.69) is 9.64 Å². The first-order valence-electron chi connectivity index (χ1n) is 4.81. The van der Waals surface area contributed by atoms with E-state index in [1.807, 2.05) is 0 Å². The summed E-state index contributed by atoms with van der Waals surface area (Å²) in [5.74, 6) is -0.180. The molecule has 2 rings (SSSR count). The quantitative estimate of drug-likeness (QED) is 0.680. The fraction of sp³-hybridized carbons (Fsp3) is 0.500.